The number of rotatable bonds is 2. The Hall–Kier alpha value is -2.96. The summed E-state index contributed by atoms with van der Waals surface area (Å²) in [4.78, 5) is 41.1. The molecule has 0 radical (unpaired) electrons. The van der Waals surface area contributed by atoms with Gasteiger partial charge in [-0.2, -0.15) is 5.10 Å². The maximum Gasteiger partial charge on any atom is 0.278 e. The van der Waals surface area contributed by atoms with Gasteiger partial charge in [-0.1, -0.05) is 39.0 Å². The van der Waals surface area contributed by atoms with E-state index in [1.54, 1.807) is 21.4 Å². The van der Waals surface area contributed by atoms with Crippen molar-refractivity contribution >= 4 is 11.8 Å². The smallest absolute Gasteiger partial charge is 0.278 e. The second kappa shape index (κ2) is 7.58. The van der Waals surface area contributed by atoms with Crippen LogP contribution in [0.1, 0.15) is 37.0 Å². The van der Waals surface area contributed by atoms with E-state index in [0.717, 1.165) is 5.69 Å². The molecule has 1 fully saturated rings. The summed E-state index contributed by atoms with van der Waals surface area (Å²) >= 11 is 0. The molecule has 0 spiro atoms. The largest absolute Gasteiger partial charge is 0.339 e. The fraction of sp³-hybridized carbons (Fsp3) is 0.429. The van der Waals surface area contributed by atoms with Crippen LogP contribution in [0, 0.1) is 12.3 Å². The van der Waals surface area contributed by atoms with E-state index in [1.165, 1.54) is 6.07 Å². The average Bonchev–Trinajstić information content (AvgIpc) is 2.67. The number of benzene rings is 1. The fourth-order valence-corrected chi connectivity index (χ4v) is 3.26. The SMILES string of the molecule is Cc1cc(=O)c(C(=O)N2CCN(C(=O)C(C)(C)C)CC2)nn1-c1ccccc1. The highest BCUT2D eigenvalue weighted by molar-refractivity contribution is 5.92. The van der Waals surface area contributed by atoms with Crippen LogP contribution in [-0.4, -0.2) is 57.6 Å². The Morgan fingerprint density at radius 1 is 0.964 bits per heavy atom. The highest BCUT2D eigenvalue weighted by Crippen LogP contribution is 2.19. The number of aromatic nitrogens is 2. The Morgan fingerprint density at radius 3 is 2.11 bits per heavy atom. The molecule has 2 aromatic rings. The summed E-state index contributed by atoms with van der Waals surface area (Å²) in [5.41, 5.74) is 0.518. The van der Waals surface area contributed by atoms with Crippen LogP contribution in [0.5, 0.6) is 0 Å². The molecule has 1 saturated heterocycles. The maximum atomic E-state index is 12.9. The van der Waals surface area contributed by atoms with E-state index < -0.39 is 11.3 Å². The third-order valence-corrected chi connectivity index (χ3v) is 4.81. The summed E-state index contributed by atoms with van der Waals surface area (Å²) in [5.74, 6) is -0.322. The van der Waals surface area contributed by atoms with Gasteiger partial charge in [-0.25, -0.2) is 4.68 Å². The molecule has 1 aliphatic rings. The van der Waals surface area contributed by atoms with Crippen LogP contribution in [-0.2, 0) is 4.79 Å². The van der Waals surface area contributed by atoms with Crippen LogP contribution >= 0.6 is 0 Å². The third-order valence-electron chi connectivity index (χ3n) is 4.81. The van der Waals surface area contributed by atoms with Crippen molar-refractivity contribution in [2.75, 3.05) is 26.2 Å². The Labute approximate surface area is 164 Å². The van der Waals surface area contributed by atoms with E-state index in [1.807, 2.05) is 51.1 Å². The standard InChI is InChI=1S/C21H26N4O3/c1-15-14-17(26)18(22-25(15)16-8-6-5-7-9-16)19(27)23-10-12-24(13-11-23)20(28)21(2,3)4/h5-9,14H,10-13H2,1-4H3. The topological polar surface area (TPSA) is 75.5 Å². The molecule has 0 N–H and O–H groups in total. The molecule has 3 rings (SSSR count). The molecule has 0 bridgehead atoms. The van der Waals surface area contributed by atoms with Crippen LogP contribution in [0.2, 0.25) is 0 Å². The summed E-state index contributed by atoms with van der Waals surface area (Å²) in [6.45, 7) is 9.13. The monoisotopic (exact) mass is 382 g/mol. The molecule has 7 heteroatoms. The van der Waals surface area contributed by atoms with Crippen LogP contribution in [0.15, 0.2) is 41.2 Å². The van der Waals surface area contributed by atoms with Gasteiger partial charge in [0.25, 0.3) is 5.91 Å². The van der Waals surface area contributed by atoms with Gasteiger partial charge in [0.05, 0.1) is 5.69 Å². The molecule has 2 amide bonds. The van der Waals surface area contributed by atoms with Gasteiger partial charge in [-0.05, 0) is 19.1 Å². The van der Waals surface area contributed by atoms with Gasteiger partial charge in [-0.15, -0.1) is 0 Å². The maximum absolute atomic E-state index is 12.9. The number of piperazine rings is 1. The fourth-order valence-electron chi connectivity index (χ4n) is 3.26. The molecule has 0 saturated carbocycles. The Balaban J connectivity index is 1.80. The van der Waals surface area contributed by atoms with Crippen molar-refractivity contribution in [1.29, 1.82) is 0 Å². The van der Waals surface area contributed by atoms with Crippen molar-refractivity contribution in [2.45, 2.75) is 27.7 Å². The number of nitrogens with zero attached hydrogens (tertiary/aromatic N) is 4. The first-order valence-corrected chi connectivity index (χ1v) is 9.43. The lowest BCUT2D eigenvalue weighted by Gasteiger charge is -2.37. The van der Waals surface area contributed by atoms with E-state index in [2.05, 4.69) is 5.10 Å². The predicted octanol–water partition coefficient (Wildman–Crippen LogP) is 1.87. The minimum absolute atomic E-state index is 0.0690. The van der Waals surface area contributed by atoms with Crippen molar-refractivity contribution in [2.24, 2.45) is 5.41 Å². The quantitative estimate of drug-likeness (QED) is 0.795. The summed E-state index contributed by atoms with van der Waals surface area (Å²) < 4.78 is 1.61. The molecule has 1 aromatic carbocycles. The Kier molecular flexibility index (Phi) is 5.36. The molecular formula is C21H26N4O3. The van der Waals surface area contributed by atoms with Crippen molar-refractivity contribution in [3.05, 3.63) is 58.0 Å². The summed E-state index contributed by atoms with van der Waals surface area (Å²) in [7, 11) is 0. The lowest BCUT2D eigenvalue weighted by Crippen LogP contribution is -2.53. The Morgan fingerprint density at radius 2 is 1.54 bits per heavy atom. The predicted molar refractivity (Wildman–Crippen MR) is 107 cm³/mol. The van der Waals surface area contributed by atoms with Crippen molar-refractivity contribution in [3.63, 3.8) is 0 Å². The summed E-state index contributed by atoms with van der Waals surface area (Å²) in [5, 5.41) is 4.34. The highest BCUT2D eigenvalue weighted by Gasteiger charge is 2.32. The second-order valence-corrected chi connectivity index (χ2v) is 8.08. The number of aryl methyl sites for hydroxylation is 1. The number of para-hydroxylation sites is 1. The lowest BCUT2D eigenvalue weighted by molar-refractivity contribution is -0.140. The number of carbonyl (C=O) groups excluding carboxylic acids is 2. The summed E-state index contributed by atoms with van der Waals surface area (Å²) in [6, 6.07) is 10.8. The first-order valence-electron chi connectivity index (χ1n) is 9.43. The van der Waals surface area contributed by atoms with Crippen molar-refractivity contribution < 1.29 is 9.59 Å². The molecular weight excluding hydrogens is 356 g/mol. The van der Waals surface area contributed by atoms with Crippen LogP contribution in [0.25, 0.3) is 5.69 Å². The molecule has 0 atom stereocenters. The van der Waals surface area contributed by atoms with Gasteiger partial charge in [0.2, 0.25) is 11.3 Å². The first kappa shape index (κ1) is 19.8. The minimum atomic E-state index is -0.450. The van der Waals surface area contributed by atoms with Gasteiger partial charge < -0.3 is 9.80 Å². The van der Waals surface area contributed by atoms with Gasteiger partial charge in [0, 0.05) is 43.4 Å². The van der Waals surface area contributed by atoms with Crippen LogP contribution in [0.3, 0.4) is 0 Å². The molecule has 7 nitrogen and oxygen atoms in total. The van der Waals surface area contributed by atoms with E-state index in [4.69, 9.17) is 0 Å². The normalized spacial score (nSPS) is 14.9. The van der Waals surface area contributed by atoms with Crippen molar-refractivity contribution in [1.82, 2.24) is 19.6 Å². The van der Waals surface area contributed by atoms with Crippen LogP contribution < -0.4 is 5.43 Å². The molecule has 2 heterocycles. The molecule has 0 unspecified atom stereocenters. The first-order chi connectivity index (χ1) is 13.2. The zero-order valence-corrected chi connectivity index (χ0v) is 16.8. The van der Waals surface area contributed by atoms with Crippen molar-refractivity contribution in [3.8, 4) is 5.69 Å². The van der Waals surface area contributed by atoms with Gasteiger partial charge in [0.15, 0.2) is 5.69 Å². The van der Waals surface area contributed by atoms with Gasteiger partial charge in [0.1, 0.15) is 0 Å². The third kappa shape index (κ3) is 3.98. The van der Waals surface area contributed by atoms with Crippen LogP contribution in [0.4, 0.5) is 0 Å². The van der Waals surface area contributed by atoms with E-state index in [-0.39, 0.29) is 17.0 Å². The number of hydrogen-bond acceptors (Lipinski definition) is 4. The molecule has 1 aromatic heterocycles. The van der Waals surface area contributed by atoms with E-state index in [9.17, 15) is 14.4 Å². The second-order valence-electron chi connectivity index (χ2n) is 8.08. The average molecular weight is 382 g/mol. The highest BCUT2D eigenvalue weighted by atomic mass is 16.2. The van der Waals surface area contributed by atoms with E-state index >= 15 is 0 Å². The Bertz CT molecular complexity index is 936. The molecule has 0 aliphatic carbocycles. The zero-order valence-electron chi connectivity index (χ0n) is 16.8. The zero-order chi connectivity index (χ0) is 20.5. The number of carbonyl (C=O) groups is 2. The molecule has 1 aliphatic heterocycles. The minimum Gasteiger partial charge on any atom is -0.339 e. The van der Waals surface area contributed by atoms with Gasteiger partial charge >= 0.3 is 0 Å². The van der Waals surface area contributed by atoms with Gasteiger partial charge in [-0.3, -0.25) is 14.4 Å². The molecule has 28 heavy (non-hydrogen) atoms. The lowest BCUT2D eigenvalue weighted by atomic mass is 9.94. The number of amides is 2. The molecule has 148 valence electrons. The summed E-state index contributed by atoms with van der Waals surface area (Å²) in [6.07, 6.45) is 0. The van der Waals surface area contributed by atoms with E-state index in [0.29, 0.717) is 31.9 Å². The number of hydrogen-bond donors (Lipinski definition) is 0.